The van der Waals surface area contributed by atoms with Crippen LogP contribution in [0.4, 0.5) is 10.3 Å². The number of nitrogens with one attached hydrogen (secondary N) is 1. The molecule has 3 heterocycles. The first-order valence-electron chi connectivity index (χ1n) is 10.5. The van der Waals surface area contributed by atoms with E-state index in [1.807, 2.05) is 0 Å². The first-order valence-corrected chi connectivity index (χ1v) is 11.3. The maximum atomic E-state index is 13.8. The maximum absolute atomic E-state index is 13.8. The third-order valence-electron chi connectivity index (χ3n) is 6.21. The molecule has 0 unspecified atom stereocenters. The van der Waals surface area contributed by atoms with Gasteiger partial charge in [0, 0.05) is 4.88 Å². The lowest BCUT2D eigenvalue weighted by atomic mass is 10.1. The Labute approximate surface area is 173 Å². The number of aryl methyl sites for hydroxylation is 2. The average Bonchev–Trinajstić information content (AvgIpc) is 2.91. The van der Waals surface area contributed by atoms with Crippen molar-refractivity contribution >= 4 is 27.5 Å². The highest BCUT2D eigenvalue weighted by Crippen LogP contribution is 2.34. The lowest BCUT2D eigenvalue weighted by Gasteiger charge is -2.32. The lowest BCUT2D eigenvalue weighted by molar-refractivity contribution is -0.880. The number of piperazine rings is 1. The van der Waals surface area contributed by atoms with Gasteiger partial charge in [-0.15, -0.1) is 11.3 Å². The van der Waals surface area contributed by atoms with Crippen molar-refractivity contribution in [2.45, 2.75) is 32.1 Å². The number of hydrogen-bond donors (Lipinski definition) is 1. The summed E-state index contributed by atoms with van der Waals surface area (Å²) in [6, 6.07) is 6.19. The highest BCUT2D eigenvalue weighted by Gasteiger charge is 2.26. The van der Waals surface area contributed by atoms with Gasteiger partial charge in [-0.1, -0.05) is 6.42 Å². The second-order valence-electron chi connectivity index (χ2n) is 8.22. The van der Waals surface area contributed by atoms with Gasteiger partial charge in [-0.3, -0.25) is 4.79 Å². The van der Waals surface area contributed by atoms with Crippen LogP contribution in [0.15, 0.2) is 29.1 Å². The Kier molecular flexibility index (Phi) is 4.87. The molecule has 0 saturated carbocycles. The smallest absolute Gasteiger partial charge is 0.268 e. The zero-order valence-electron chi connectivity index (χ0n) is 16.7. The van der Waals surface area contributed by atoms with Crippen LogP contribution in [0.25, 0.3) is 15.9 Å². The Morgan fingerprint density at radius 2 is 1.79 bits per heavy atom. The molecule has 1 N–H and O–H groups in total. The number of fused-ring (bicyclic) bond motifs is 3. The van der Waals surface area contributed by atoms with Crippen LogP contribution in [0.2, 0.25) is 0 Å². The van der Waals surface area contributed by atoms with E-state index < -0.39 is 0 Å². The van der Waals surface area contributed by atoms with Crippen molar-refractivity contribution in [3.8, 4) is 5.69 Å². The van der Waals surface area contributed by atoms with Crippen molar-refractivity contribution in [3.63, 3.8) is 0 Å². The number of aromatic nitrogens is 2. The summed E-state index contributed by atoms with van der Waals surface area (Å²) in [5.41, 5.74) is 1.87. The number of benzene rings is 1. The lowest BCUT2D eigenvalue weighted by Crippen LogP contribution is -3.12. The summed E-state index contributed by atoms with van der Waals surface area (Å²) in [4.78, 5) is 24.7. The van der Waals surface area contributed by atoms with E-state index in [1.54, 1.807) is 28.0 Å². The SMILES string of the molecule is C[NH+]1CCN(c2nc3sc4c(c3c(=O)n2-c2ccc(F)cc2)CCCCC4)CC1. The van der Waals surface area contributed by atoms with E-state index in [2.05, 4.69) is 11.9 Å². The molecule has 3 aromatic rings. The largest absolute Gasteiger partial charge is 0.334 e. The van der Waals surface area contributed by atoms with Crippen LogP contribution >= 0.6 is 11.3 Å². The van der Waals surface area contributed by atoms with Crippen LogP contribution in [0, 0.1) is 5.82 Å². The van der Waals surface area contributed by atoms with E-state index in [0.29, 0.717) is 11.6 Å². The molecule has 1 aliphatic carbocycles. The van der Waals surface area contributed by atoms with Gasteiger partial charge in [0.1, 0.15) is 10.6 Å². The van der Waals surface area contributed by atoms with Crippen molar-refractivity contribution in [3.05, 3.63) is 50.9 Å². The van der Waals surface area contributed by atoms with E-state index in [-0.39, 0.29) is 11.4 Å². The molecule has 5 nitrogen and oxygen atoms in total. The second-order valence-corrected chi connectivity index (χ2v) is 9.30. The molecule has 7 heteroatoms. The molecular weight excluding hydrogens is 387 g/mol. The predicted molar refractivity (Wildman–Crippen MR) is 115 cm³/mol. The number of anilines is 1. The molecule has 1 aromatic carbocycles. The summed E-state index contributed by atoms with van der Waals surface area (Å²) in [5, 5.41) is 0.778. The van der Waals surface area contributed by atoms with E-state index >= 15 is 0 Å². The van der Waals surface area contributed by atoms with Gasteiger partial charge < -0.3 is 9.80 Å². The average molecular weight is 414 g/mol. The summed E-state index contributed by atoms with van der Waals surface area (Å²) >= 11 is 1.70. The molecule has 5 rings (SSSR count). The molecule has 0 amide bonds. The number of quaternary nitrogens is 1. The standard InChI is InChI=1S/C22H25FN4OS/c1-25-11-13-26(14-12-25)22-24-20-19(17-5-3-2-4-6-18(17)29-20)21(28)27(22)16-9-7-15(23)8-10-16/h7-10H,2-6,11-14H2,1H3/p+1. The van der Waals surface area contributed by atoms with Gasteiger partial charge in [-0.25, -0.2) is 13.9 Å². The van der Waals surface area contributed by atoms with Gasteiger partial charge in [0.15, 0.2) is 0 Å². The van der Waals surface area contributed by atoms with Crippen molar-refractivity contribution in [2.24, 2.45) is 0 Å². The Bertz CT molecular complexity index is 1100. The van der Waals surface area contributed by atoms with Gasteiger partial charge in [0.05, 0.1) is 44.3 Å². The summed E-state index contributed by atoms with van der Waals surface area (Å²) in [7, 11) is 2.19. The number of halogens is 1. The molecule has 2 aliphatic rings. The van der Waals surface area contributed by atoms with Crippen molar-refractivity contribution in [1.82, 2.24) is 9.55 Å². The van der Waals surface area contributed by atoms with E-state index in [0.717, 1.165) is 55.7 Å². The highest BCUT2D eigenvalue weighted by molar-refractivity contribution is 7.18. The van der Waals surface area contributed by atoms with Crippen LogP contribution in [0.1, 0.15) is 29.7 Å². The third-order valence-corrected chi connectivity index (χ3v) is 7.39. The minimum Gasteiger partial charge on any atom is -0.334 e. The van der Waals surface area contributed by atoms with Gasteiger partial charge in [0.25, 0.3) is 5.56 Å². The third kappa shape index (κ3) is 3.36. The molecule has 0 spiro atoms. The van der Waals surface area contributed by atoms with Crippen molar-refractivity contribution in [1.29, 1.82) is 0 Å². The summed E-state index contributed by atoms with van der Waals surface area (Å²) < 4.78 is 15.3. The van der Waals surface area contributed by atoms with Gasteiger partial charge >= 0.3 is 0 Å². The van der Waals surface area contributed by atoms with E-state index in [1.165, 1.54) is 40.3 Å². The predicted octanol–water partition coefficient (Wildman–Crippen LogP) is 2.19. The molecule has 0 radical (unpaired) electrons. The Morgan fingerprint density at radius 3 is 2.55 bits per heavy atom. The summed E-state index contributed by atoms with van der Waals surface area (Å²) in [6.07, 6.45) is 5.51. The second kappa shape index (κ2) is 7.54. The van der Waals surface area contributed by atoms with Gasteiger partial charge in [0.2, 0.25) is 5.95 Å². The maximum Gasteiger partial charge on any atom is 0.268 e. The van der Waals surface area contributed by atoms with Gasteiger partial charge in [-0.05, 0) is 55.5 Å². The minimum absolute atomic E-state index is 0.0118. The Balaban J connectivity index is 1.74. The quantitative estimate of drug-likeness (QED) is 0.655. The van der Waals surface area contributed by atoms with Crippen molar-refractivity contribution in [2.75, 3.05) is 38.1 Å². The molecule has 0 bridgehead atoms. The Hall–Kier alpha value is -2.25. The van der Waals surface area contributed by atoms with Crippen LogP contribution in [0.5, 0.6) is 0 Å². The van der Waals surface area contributed by atoms with Crippen molar-refractivity contribution < 1.29 is 9.29 Å². The number of hydrogen-bond acceptors (Lipinski definition) is 4. The first-order chi connectivity index (χ1) is 14.1. The fourth-order valence-electron chi connectivity index (χ4n) is 4.49. The normalized spacial score (nSPS) is 18.1. The zero-order chi connectivity index (χ0) is 20.0. The van der Waals surface area contributed by atoms with Crippen LogP contribution in [0.3, 0.4) is 0 Å². The molecule has 1 saturated heterocycles. The van der Waals surface area contributed by atoms with Crippen LogP contribution < -0.4 is 15.4 Å². The fourth-order valence-corrected chi connectivity index (χ4v) is 5.74. The molecule has 0 atom stereocenters. The minimum atomic E-state index is -0.301. The molecule has 1 aliphatic heterocycles. The molecule has 1 fully saturated rings. The molecular formula is C22H26FN4OS+. The number of likely N-dealkylation sites (N-methyl/N-ethyl adjacent to an activating group) is 1. The zero-order valence-corrected chi connectivity index (χ0v) is 17.5. The summed E-state index contributed by atoms with van der Waals surface area (Å²) in [5.74, 6) is 0.392. The van der Waals surface area contributed by atoms with E-state index in [4.69, 9.17) is 4.98 Å². The van der Waals surface area contributed by atoms with Crippen LogP contribution in [-0.4, -0.2) is 42.8 Å². The van der Waals surface area contributed by atoms with Crippen LogP contribution in [-0.2, 0) is 12.8 Å². The fraction of sp³-hybridized carbons (Fsp3) is 0.455. The van der Waals surface area contributed by atoms with Gasteiger partial charge in [-0.2, -0.15) is 0 Å². The highest BCUT2D eigenvalue weighted by atomic mass is 32.1. The molecule has 2 aromatic heterocycles. The number of rotatable bonds is 2. The Morgan fingerprint density at radius 1 is 1.07 bits per heavy atom. The summed E-state index contributed by atoms with van der Waals surface area (Å²) in [6.45, 7) is 3.74. The number of thiophene rings is 1. The molecule has 152 valence electrons. The first kappa shape index (κ1) is 18.8. The van der Waals surface area contributed by atoms with E-state index in [9.17, 15) is 9.18 Å². The monoisotopic (exact) mass is 413 g/mol. The molecule has 29 heavy (non-hydrogen) atoms. The topological polar surface area (TPSA) is 42.6 Å². The number of nitrogens with zero attached hydrogens (tertiary/aromatic N) is 3.